The van der Waals surface area contributed by atoms with E-state index < -0.39 is 0 Å². The number of aromatic nitrogens is 4. The predicted octanol–water partition coefficient (Wildman–Crippen LogP) is 3.50. The summed E-state index contributed by atoms with van der Waals surface area (Å²) in [4.78, 5) is 25.7. The minimum absolute atomic E-state index is 0.149. The fourth-order valence-electron chi connectivity index (χ4n) is 4.34. The van der Waals surface area contributed by atoms with Crippen molar-refractivity contribution in [1.82, 2.24) is 24.6 Å². The van der Waals surface area contributed by atoms with Crippen molar-refractivity contribution in [2.24, 2.45) is 0 Å². The quantitative estimate of drug-likeness (QED) is 0.194. The maximum Gasteiger partial charge on any atom is 0.250 e. The van der Waals surface area contributed by atoms with Crippen LogP contribution < -0.4 is 15.4 Å². The molecule has 0 saturated carbocycles. The summed E-state index contributed by atoms with van der Waals surface area (Å²) in [5.41, 5.74) is 10.8. The molecule has 0 aliphatic carbocycles. The van der Waals surface area contributed by atoms with Crippen molar-refractivity contribution < 1.29 is 19.0 Å². The lowest BCUT2D eigenvalue weighted by molar-refractivity contribution is -0.114. The molecule has 0 fully saturated rings. The van der Waals surface area contributed by atoms with E-state index in [1.54, 1.807) is 29.9 Å². The van der Waals surface area contributed by atoms with Crippen LogP contribution in [-0.2, 0) is 14.3 Å². The third-order valence-electron chi connectivity index (χ3n) is 6.45. The number of aryl methyl sites for hydroxylation is 1. The minimum Gasteiger partial charge on any atom is -0.496 e. The molecule has 11 heteroatoms. The number of benzene rings is 2. The number of hydrogen-bond acceptors (Lipinski definition) is 9. The Kier molecular flexibility index (Phi) is 10.0. The number of rotatable bonds is 13. The van der Waals surface area contributed by atoms with Gasteiger partial charge in [0, 0.05) is 37.5 Å². The first-order chi connectivity index (χ1) is 19.8. The Balaban J connectivity index is 1.75. The summed E-state index contributed by atoms with van der Waals surface area (Å²) in [7, 11) is 7.16. The molecule has 2 heterocycles. The van der Waals surface area contributed by atoms with E-state index in [0.717, 1.165) is 16.9 Å². The van der Waals surface area contributed by atoms with Crippen molar-refractivity contribution in [2.75, 3.05) is 71.9 Å². The van der Waals surface area contributed by atoms with Gasteiger partial charge < -0.3 is 29.7 Å². The van der Waals surface area contributed by atoms with Crippen LogP contribution in [-0.4, -0.2) is 91.8 Å². The maximum absolute atomic E-state index is 13.3. The standard InChI is InChI=1S/C30H37N7O4/c1-21-11-12-22(18-25(21)40-5)28-27-29(31)32-20-33-30(27)37(34-28)24-9-6-8-23(19-24)36(14-15-41-17-16-39-4)26(38)10-7-13-35(2)3/h6-12,18-20H,13-17H2,1-5H3,(H2,31,32,33)/b10-7+. The molecule has 0 atom stereocenters. The molecule has 216 valence electrons. The highest BCUT2D eigenvalue weighted by molar-refractivity contribution is 6.02. The Hall–Kier alpha value is -4.32. The average Bonchev–Trinajstić information content (AvgIpc) is 3.36. The lowest BCUT2D eigenvalue weighted by Crippen LogP contribution is -2.33. The second-order valence-corrected chi connectivity index (χ2v) is 9.68. The number of methoxy groups -OCH3 is 2. The monoisotopic (exact) mass is 559 g/mol. The van der Waals surface area contributed by atoms with Crippen LogP contribution in [0.25, 0.3) is 28.0 Å². The topological polar surface area (TPSA) is 121 Å². The molecule has 11 nitrogen and oxygen atoms in total. The van der Waals surface area contributed by atoms with E-state index >= 15 is 0 Å². The molecular formula is C30H37N7O4. The Bertz CT molecular complexity index is 1520. The van der Waals surface area contributed by atoms with Gasteiger partial charge in [-0.05, 0) is 50.8 Å². The fourth-order valence-corrected chi connectivity index (χ4v) is 4.34. The molecule has 0 aliphatic rings. The van der Waals surface area contributed by atoms with E-state index in [0.29, 0.717) is 66.8 Å². The lowest BCUT2D eigenvalue weighted by atomic mass is 10.1. The minimum atomic E-state index is -0.149. The number of fused-ring (bicyclic) bond motifs is 1. The molecule has 0 spiro atoms. The third-order valence-corrected chi connectivity index (χ3v) is 6.45. The van der Waals surface area contributed by atoms with Crippen LogP contribution in [0.2, 0.25) is 0 Å². The molecule has 4 aromatic rings. The van der Waals surface area contributed by atoms with Crippen LogP contribution in [0.1, 0.15) is 5.56 Å². The van der Waals surface area contributed by atoms with Crippen LogP contribution in [0, 0.1) is 6.92 Å². The number of anilines is 2. The number of carbonyl (C=O) groups excluding carboxylic acids is 1. The summed E-state index contributed by atoms with van der Waals surface area (Å²) in [6.07, 6.45) is 4.84. The molecule has 1 amide bonds. The van der Waals surface area contributed by atoms with Crippen molar-refractivity contribution in [3.05, 3.63) is 66.5 Å². The first-order valence-electron chi connectivity index (χ1n) is 13.3. The first kappa shape index (κ1) is 29.7. The summed E-state index contributed by atoms with van der Waals surface area (Å²) in [5.74, 6) is 0.915. The fraction of sp³-hybridized carbons (Fsp3) is 0.333. The van der Waals surface area contributed by atoms with Gasteiger partial charge in [-0.15, -0.1) is 0 Å². The number of ether oxygens (including phenoxy) is 3. The molecule has 4 rings (SSSR count). The summed E-state index contributed by atoms with van der Waals surface area (Å²) >= 11 is 0. The van der Waals surface area contributed by atoms with Crippen LogP contribution in [0.3, 0.4) is 0 Å². The lowest BCUT2D eigenvalue weighted by Gasteiger charge is -2.22. The molecule has 41 heavy (non-hydrogen) atoms. The highest BCUT2D eigenvalue weighted by atomic mass is 16.5. The van der Waals surface area contributed by atoms with Crippen molar-refractivity contribution >= 4 is 28.4 Å². The number of amides is 1. The highest BCUT2D eigenvalue weighted by Crippen LogP contribution is 2.34. The largest absolute Gasteiger partial charge is 0.496 e. The van der Waals surface area contributed by atoms with Gasteiger partial charge in [0.1, 0.15) is 23.6 Å². The molecular weight excluding hydrogens is 522 g/mol. The van der Waals surface area contributed by atoms with Gasteiger partial charge in [-0.3, -0.25) is 4.79 Å². The summed E-state index contributed by atoms with van der Waals surface area (Å²) in [6.45, 7) is 4.28. The van der Waals surface area contributed by atoms with Crippen molar-refractivity contribution in [1.29, 1.82) is 0 Å². The molecule has 0 radical (unpaired) electrons. The van der Waals surface area contributed by atoms with Gasteiger partial charge in [-0.25, -0.2) is 14.6 Å². The molecule has 2 N–H and O–H groups in total. The molecule has 0 bridgehead atoms. The molecule has 0 unspecified atom stereocenters. The molecule has 0 aliphatic heterocycles. The van der Waals surface area contributed by atoms with E-state index in [2.05, 4.69) is 9.97 Å². The Morgan fingerprint density at radius 2 is 1.90 bits per heavy atom. The van der Waals surface area contributed by atoms with Crippen LogP contribution in [0.4, 0.5) is 11.5 Å². The summed E-state index contributed by atoms with van der Waals surface area (Å²) in [6, 6.07) is 13.4. The van der Waals surface area contributed by atoms with Gasteiger partial charge in [0.15, 0.2) is 5.65 Å². The second kappa shape index (κ2) is 13.8. The smallest absolute Gasteiger partial charge is 0.250 e. The Labute approximate surface area is 240 Å². The van der Waals surface area contributed by atoms with Crippen molar-refractivity contribution in [3.63, 3.8) is 0 Å². The maximum atomic E-state index is 13.3. The van der Waals surface area contributed by atoms with Crippen LogP contribution >= 0.6 is 0 Å². The summed E-state index contributed by atoms with van der Waals surface area (Å²) in [5, 5.41) is 5.56. The van der Waals surface area contributed by atoms with E-state index in [4.69, 9.17) is 25.0 Å². The SMILES string of the molecule is COCCOCCN(C(=O)/C=C/CN(C)C)c1cccc(-n2nc(-c3ccc(C)c(OC)c3)c3c(N)ncnc32)c1. The average molecular weight is 560 g/mol. The normalized spacial score (nSPS) is 11.6. The Morgan fingerprint density at radius 1 is 1.07 bits per heavy atom. The number of nitrogens with zero attached hydrogens (tertiary/aromatic N) is 6. The number of hydrogen-bond donors (Lipinski definition) is 1. The zero-order chi connectivity index (χ0) is 29.4. The number of nitrogen functional groups attached to an aromatic ring is 1. The predicted molar refractivity (Wildman–Crippen MR) is 161 cm³/mol. The number of likely N-dealkylation sites (N-methyl/N-ethyl adjacent to an activating group) is 1. The third kappa shape index (κ3) is 7.07. The van der Waals surface area contributed by atoms with Gasteiger partial charge in [0.2, 0.25) is 0 Å². The molecule has 2 aromatic carbocycles. The van der Waals surface area contributed by atoms with Gasteiger partial charge in [0.05, 0.1) is 38.0 Å². The zero-order valence-electron chi connectivity index (χ0n) is 24.2. The van der Waals surface area contributed by atoms with E-state index in [-0.39, 0.29) is 5.91 Å². The van der Waals surface area contributed by atoms with Crippen molar-refractivity contribution in [2.45, 2.75) is 6.92 Å². The van der Waals surface area contributed by atoms with Gasteiger partial charge in [0.25, 0.3) is 5.91 Å². The van der Waals surface area contributed by atoms with Gasteiger partial charge in [-0.2, -0.15) is 5.10 Å². The van der Waals surface area contributed by atoms with E-state index in [1.807, 2.05) is 74.5 Å². The number of nitrogens with two attached hydrogens (primary N) is 1. The Morgan fingerprint density at radius 3 is 2.66 bits per heavy atom. The first-order valence-corrected chi connectivity index (χ1v) is 13.3. The highest BCUT2D eigenvalue weighted by Gasteiger charge is 2.20. The van der Waals surface area contributed by atoms with E-state index in [1.165, 1.54) is 6.33 Å². The van der Waals surface area contributed by atoms with Gasteiger partial charge in [-0.1, -0.05) is 24.3 Å². The van der Waals surface area contributed by atoms with Crippen molar-refractivity contribution in [3.8, 4) is 22.7 Å². The number of carbonyl (C=O) groups is 1. The van der Waals surface area contributed by atoms with E-state index in [9.17, 15) is 4.79 Å². The molecule has 2 aromatic heterocycles. The molecule has 0 saturated heterocycles. The van der Waals surface area contributed by atoms with Gasteiger partial charge >= 0.3 is 0 Å². The zero-order valence-corrected chi connectivity index (χ0v) is 24.2. The second-order valence-electron chi connectivity index (χ2n) is 9.68. The summed E-state index contributed by atoms with van der Waals surface area (Å²) < 4.78 is 18.0. The van der Waals surface area contributed by atoms with Crippen LogP contribution in [0.5, 0.6) is 5.75 Å². The van der Waals surface area contributed by atoms with Crippen LogP contribution in [0.15, 0.2) is 60.9 Å².